The van der Waals surface area contributed by atoms with E-state index in [1.807, 2.05) is 26.0 Å². The Kier molecular flexibility index (Phi) is 8.93. The van der Waals surface area contributed by atoms with E-state index >= 15 is 0 Å². The molecule has 0 spiro atoms. The Bertz CT molecular complexity index is 1160. The van der Waals surface area contributed by atoms with E-state index in [1.165, 1.54) is 38.9 Å². The number of aryl methyl sites for hydroxylation is 1. The fourth-order valence-corrected chi connectivity index (χ4v) is 3.78. The third-order valence-electron chi connectivity index (χ3n) is 6.09. The van der Waals surface area contributed by atoms with E-state index in [0.717, 1.165) is 24.5 Å². The molecular formula is C32H37NO. The highest BCUT2D eigenvalue weighted by molar-refractivity contribution is 5.75. The summed E-state index contributed by atoms with van der Waals surface area (Å²) in [4.78, 5) is 0. The molecule has 0 aromatic heterocycles. The van der Waals surface area contributed by atoms with Crippen molar-refractivity contribution in [3.05, 3.63) is 96.6 Å². The lowest BCUT2D eigenvalue weighted by molar-refractivity contribution is 0.256. The molecule has 4 aromatic carbocycles. The van der Waals surface area contributed by atoms with Crippen molar-refractivity contribution in [3.8, 4) is 39.1 Å². The fourth-order valence-electron chi connectivity index (χ4n) is 3.78. The molecule has 0 heterocycles. The van der Waals surface area contributed by atoms with E-state index in [2.05, 4.69) is 99.6 Å². The molecule has 2 N–H and O–H groups in total. The van der Waals surface area contributed by atoms with E-state index in [1.54, 1.807) is 0 Å². The molecule has 0 aliphatic rings. The zero-order valence-electron chi connectivity index (χ0n) is 21.1. The van der Waals surface area contributed by atoms with Gasteiger partial charge in [0, 0.05) is 5.69 Å². The second-order valence-corrected chi connectivity index (χ2v) is 8.58. The molecule has 2 nitrogen and oxygen atoms in total. The third kappa shape index (κ3) is 6.29. The van der Waals surface area contributed by atoms with Gasteiger partial charge in [-0.15, -0.1) is 0 Å². The van der Waals surface area contributed by atoms with Crippen LogP contribution in [-0.2, 0) is 0 Å². The summed E-state index contributed by atoms with van der Waals surface area (Å²) < 4.78 is 5.90. The molecule has 0 aliphatic carbocycles. The van der Waals surface area contributed by atoms with Crippen LogP contribution in [-0.4, -0.2) is 6.61 Å². The Morgan fingerprint density at radius 1 is 0.676 bits per heavy atom. The summed E-state index contributed by atoms with van der Waals surface area (Å²) in [6, 6.07) is 31.8. The second-order valence-electron chi connectivity index (χ2n) is 8.58. The van der Waals surface area contributed by atoms with Gasteiger partial charge in [0.15, 0.2) is 0 Å². The highest BCUT2D eigenvalue weighted by Gasteiger charge is 2.07. The van der Waals surface area contributed by atoms with Crippen molar-refractivity contribution < 1.29 is 4.74 Å². The van der Waals surface area contributed by atoms with Gasteiger partial charge in [0.1, 0.15) is 5.75 Å². The molecule has 2 heteroatoms. The van der Waals surface area contributed by atoms with Crippen molar-refractivity contribution in [2.75, 3.05) is 12.3 Å². The van der Waals surface area contributed by atoms with Gasteiger partial charge in [-0.2, -0.15) is 0 Å². The van der Waals surface area contributed by atoms with Gasteiger partial charge < -0.3 is 10.5 Å². The van der Waals surface area contributed by atoms with E-state index < -0.39 is 0 Å². The molecule has 0 aliphatic heterocycles. The molecule has 1 atom stereocenters. The molecule has 0 saturated carbocycles. The average Bonchev–Trinajstić information content (AvgIpc) is 2.89. The van der Waals surface area contributed by atoms with E-state index in [0.29, 0.717) is 5.92 Å². The summed E-state index contributed by atoms with van der Waals surface area (Å²) in [5.41, 5.74) is 15.1. The first kappa shape index (κ1) is 25.1. The first-order valence-electron chi connectivity index (χ1n) is 12.3. The molecule has 0 saturated heterocycles. The molecule has 0 bridgehead atoms. The maximum atomic E-state index is 5.90. The molecule has 176 valence electrons. The molecule has 34 heavy (non-hydrogen) atoms. The highest BCUT2D eigenvalue weighted by atomic mass is 16.5. The van der Waals surface area contributed by atoms with Crippen LogP contribution in [0.5, 0.6) is 5.75 Å². The first-order valence-corrected chi connectivity index (χ1v) is 12.3. The number of rotatable bonds is 7. The molecule has 0 unspecified atom stereocenters. The highest BCUT2D eigenvalue weighted by Crippen LogP contribution is 2.31. The predicted octanol–water partition coefficient (Wildman–Crippen LogP) is 9.03. The Labute approximate surface area is 205 Å². The van der Waals surface area contributed by atoms with Crippen LogP contribution in [0.15, 0.2) is 91.0 Å². The molecule has 0 amide bonds. The Morgan fingerprint density at radius 3 is 1.68 bits per heavy atom. The zero-order chi connectivity index (χ0) is 24.5. The van der Waals surface area contributed by atoms with Gasteiger partial charge in [0.2, 0.25) is 0 Å². The van der Waals surface area contributed by atoms with Crippen molar-refractivity contribution in [2.45, 2.75) is 41.0 Å². The summed E-state index contributed by atoms with van der Waals surface area (Å²) in [6.45, 7) is 11.3. The Hall–Kier alpha value is -3.52. The van der Waals surface area contributed by atoms with Crippen LogP contribution in [0, 0.1) is 12.8 Å². The zero-order valence-corrected chi connectivity index (χ0v) is 21.1. The molecule has 0 radical (unpaired) electrons. The first-order chi connectivity index (χ1) is 16.5. The Morgan fingerprint density at radius 2 is 1.15 bits per heavy atom. The van der Waals surface area contributed by atoms with Crippen molar-refractivity contribution in [1.82, 2.24) is 0 Å². The van der Waals surface area contributed by atoms with Crippen molar-refractivity contribution in [3.63, 3.8) is 0 Å². The largest absolute Gasteiger partial charge is 0.493 e. The summed E-state index contributed by atoms with van der Waals surface area (Å²) in [7, 11) is 0. The summed E-state index contributed by atoms with van der Waals surface area (Å²) in [5.74, 6) is 1.51. The van der Waals surface area contributed by atoms with E-state index in [9.17, 15) is 0 Å². The lowest BCUT2D eigenvalue weighted by Crippen LogP contribution is -2.06. The van der Waals surface area contributed by atoms with Crippen molar-refractivity contribution >= 4 is 5.69 Å². The summed E-state index contributed by atoms with van der Waals surface area (Å²) in [6.07, 6.45) is 1.13. The van der Waals surface area contributed by atoms with Gasteiger partial charge >= 0.3 is 0 Å². The summed E-state index contributed by atoms with van der Waals surface area (Å²) in [5, 5.41) is 0. The van der Waals surface area contributed by atoms with Crippen LogP contribution in [0.2, 0.25) is 0 Å². The van der Waals surface area contributed by atoms with Crippen LogP contribution in [0.1, 0.15) is 39.7 Å². The number of ether oxygens (including phenoxy) is 1. The maximum Gasteiger partial charge on any atom is 0.119 e. The van der Waals surface area contributed by atoms with Gasteiger partial charge in [-0.25, -0.2) is 0 Å². The van der Waals surface area contributed by atoms with E-state index in [-0.39, 0.29) is 0 Å². The lowest BCUT2D eigenvalue weighted by Gasteiger charge is -2.13. The maximum absolute atomic E-state index is 5.90. The number of nitrogens with two attached hydrogens (primary N) is 1. The van der Waals surface area contributed by atoms with Gasteiger partial charge in [0.05, 0.1) is 6.61 Å². The number of hydrogen-bond acceptors (Lipinski definition) is 2. The minimum atomic E-state index is 0.574. The summed E-state index contributed by atoms with van der Waals surface area (Å²) >= 11 is 0. The van der Waals surface area contributed by atoms with Gasteiger partial charge in [-0.3, -0.25) is 0 Å². The quantitative estimate of drug-likeness (QED) is 0.284. The minimum Gasteiger partial charge on any atom is -0.493 e. The average molecular weight is 452 g/mol. The number of benzene rings is 4. The van der Waals surface area contributed by atoms with Crippen LogP contribution in [0.4, 0.5) is 5.69 Å². The van der Waals surface area contributed by atoms with Gasteiger partial charge in [-0.1, -0.05) is 101 Å². The van der Waals surface area contributed by atoms with Crippen LogP contribution in [0.3, 0.4) is 0 Å². The molecule has 4 rings (SSSR count). The Balaban J connectivity index is 0.00000158. The molecular weight excluding hydrogens is 414 g/mol. The number of nitrogen functional groups attached to an aromatic ring is 1. The standard InChI is InChI=1S/C30H31NO.C2H6/c1-4-21(2)20-32-29-16-11-26(12-17-29)30-18-13-27(19-22(30)3)25-7-5-23(6-8-25)24-9-14-28(31)15-10-24;1-2/h5-19,21H,4,20,31H2,1-3H3;1-2H3/t21-;/m1./s1. The monoisotopic (exact) mass is 451 g/mol. The van der Waals surface area contributed by atoms with Gasteiger partial charge in [-0.05, 0) is 76.1 Å². The molecule has 4 aromatic rings. The SMILES string of the molecule is CC.CC[C@@H](C)COc1ccc(-c2ccc(-c3ccc(-c4ccc(N)cc4)cc3)cc2C)cc1. The third-order valence-corrected chi connectivity index (χ3v) is 6.09. The second kappa shape index (κ2) is 12.1. The predicted molar refractivity (Wildman–Crippen MR) is 148 cm³/mol. The molecule has 0 fully saturated rings. The normalized spacial score (nSPS) is 11.3. The number of anilines is 1. The smallest absolute Gasteiger partial charge is 0.119 e. The van der Waals surface area contributed by atoms with Crippen molar-refractivity contribution in [2.24, 2.45) is 5.92 Å². The van der Waals surface area contributed by atoms with E-state index in [4.69, 9.17) is 10.5 Å². The van der Waals surface area contributed by atoms with Crippen LogP contribution in [0.25, 0.3) is 33.4 Å². The van der Waals surface area contributed by atoms with Gasteiger partial charge in [0.25, 0.3) is 0 Å². The van der Waals surface area contributed by atoms with Crippen molar-refractivity contribution in [1.29, 1.82) is 0 Å². The fraction of sp³-hybridized carbons (Fsp3) is 0.250. The van der Waals surface area contributed by atoms with Crippen LogP contribution < -0.4 is 10.5 Å². The lowest BCUT2D eigenvalue weighted by atomic mass is 9.95. The topological polar surface area (TPSA) is 35.2 Å². The number of hydrogen-bond donors (Lipinski definition) is 1. The van der Waals surface area contributed by atoms with Crippen LogP contribution >= 0.6 is 0 Å². The minimum absolute atomic E-state index is 0.574.